The van der Waals surface area contributed by atoms with Gasteiger partial charge in [-0.05, 0) is 65.0 Å². The van der Waals surface area contributed by atoms with Crippen LogP contribution in [-0.2, 0) is 16.1 Å². The number of carbonyl (C=O) groups excluding carboxylic acids is 2. The van der Waals surface area contributed by atoms with Crippen molar-refractivity contribution in [2.24, 2.45) is 0 Å². The first-order valence-corrected chi connectivity index (χ1v) is 13.5. The highest BCUT2D eigenvalue weighted by Crippen LogP contribution is 2.34. The molecular formula is C29H26BrN7O2. The van der Waals surface area contributed by atoms with Crippen LogP contribution in [0.2, 0.25) is 0 Å². The fraction of sp³-hybridized carbons (Fsp3) is 0.207. The van der Waals surface area contributed by atoms with Gasteiger partial charge in [-0.1, -0.05) is 48.5 Å². The molecule has 10 heteroatoms. The van der Waals surface area contributed by atoms with Crippen molar-refractivity contribution in [3.63, 3.8) is 0 Å². The molecule has 0 spiro atoms. The Balaban J connectivity index is 1.37. The van der Waals surface area contributed by atoms with Gasteiger partial charge < -0.3 is 20.5 Å². The fourth-order valence-electron chi connectivity index (χ4n) is 5.47. The summed E-state index contributed by atoms with van der Waals surface area (Å²) in [7, 11) is 0. The van der Waals surface area contributed by atoms with Crippen LogP contribution < -0.4 is 11.1 Å². The van der Waals surface area contributed by atoms with E-state index in [9.17, 15) is 9.59 Å². The third kappa shape index (κ3) is 4.61. The molecule has 2 amide bonds. The van der Waals surface area contributed by atoms with E-state index in [1.165, 1.54) is 6.33 Å². The Morgan fingerprint density at radius 1 is 1.03 bits per heavy atom. The number of anilines is 2. The molecule has 39 heavy (non-hydrogen) atoms. The van der Waals surface area contributed by atoms with Crippen molar-refractivity contribution in [1.82, 2.24) is 24.4 Å². The Bertz CT molecular complexity index is 1720. The van der Waals surface area contributed by atoms with Crippen LogP contribution in [0.3, 0.4) is 0 Å². The van der Waals surface area contributed by atoms with Gasteiger partial charge in [0.1, 0.15) is 40.8 Å². The zero-order valence-corrected chi connectivity index (χ0v) is 22.8. The number of carbonyl (C=O) groups is 2. The van der Waals surface area contributed by atoms with E-state index in [4.69, 9.17) is 5.73 Å². The molecule has 2 atom stereocenters. The molecule has 0 saturated carbocycles. The van der Waals surface area contributed by atoms with E-state index in [1.807, 2.05) is 54.0 Å². The summed E-state index contributed by atoms with van der Waals surface area (Å²) in [6.07, 6.45) is 2.72. The first-order chi connectivity index (χ1) is 18.9. The van der Waals surface area contributed by atoms with Crippen molar-refractivity contribution in [2.75, 3.05) is 11.1 Å². The molecule has 196 valence electrons. The number of hydrogen-bond donors (Lipinski definition) is 2. The monoisotopic (exact) mass is 583 g/mol. The maximum Gasteiger partial charge on any atom is 0.248 e. The molecule has 5 aromatic rings. The molecule has 0 unspecified atom stereocenters. The molecule has 9 nitrogen and oxygen atoms in total. The predicted octanol–water partition coefficient (Wildman–Crippen LogP) is 5.01. The summed E-state index contributed by atoms with van der Waals surface area (Å²) in [6.45, 7) is 1.99. The first-order valence-electron chi connectivity index (χ1n) is 12.7. The number of nitrogens with two attached hydrogens (primary N) is 1. The van der Waals surface area contributed by atoms with Crippen LogP contribution in [0.5, 0.6) is 0 Å². The predicted molar refractivity (Wildman–Crippen MR) is 155 cm³/mol. The van der Waals surface area contributed by atoms with Crippen LogP contribution in [0.4, 0.5) is 11.6 Å². The van der Waals surface area contributed by atoms with E-state index in [1.54, 1.807) is 23.1 Å². The SMILES string of the molecule is C[C@@H]1CC[C@@H](C(=O)Nc2cccc(Br)n2)N1C(=O)Cn1c2cc(-c3ccccc3)ccc2c2c(N)ncnc21. The number of halogens is 1. The molecule has 6 rings (SSSR count). The second-order valence-electron chi connectivity index (χ2n) is 9.72. The lowest BCUT2D eigenvalue weighted by molar-refractivity contribution is -0.138. The highest BCUT2D eigenvalue weighted by atomic mass is 79.9. The number of nitrogen functional groups attached to an aromatic ring is 1. The van der Waals surface area contributed by atoms with Crippen molar-refractivity contribution < 1.29 is 9.59 Å². The van der Waals surface area contributed by atoms with Crippen molar-refractivity contribution in [3.8, 4) is 11.1 Å². The van der Waals surface area contributed by atoms with Crippen LogP contribution in [0.1, 0.15) is 19.8 Å². The van der Waals surface area contributed by atoms with Gasteiger partial charge in [0.25, 0.3) is 0 Å². The van der Waals surface area contributed by atoms with Crippen molar-refractivity contribution >= 4 is 61.3 Å². The highest BCUT2D eigenvalue weighted by molar-refractivity contribution is 9.10. The minimum Gasteiger partial charge on any atom is -0.383 e. The number of aromatic nitrogens is 4. The van der Waals surface area contributed by atoms with Crippen molar-refractivity contribution in [3.05, 3.63) is 77.7 Å². The van der Waals surface area contributed by atoms with Gasteiger partial charge in [0.05, 0.1) is 10.9 Å². The van der Waals surface area contributed by atoms with Gasteiger partial charge in [-0.3, -0.25) is 9.59 Å². The molecule has 0 radical (unpaired) electrons. The largest absolute Gasteiger partial charge is 0.383 e. The van der Waals surface area contributed by atoms with Gasteiger partial charge in [0, 0.05) is 11.4 Å². The van der Waals surface area contributed by atoms with E-state index in [-0.39, 0.29) is 24.4 Å². The smallest absolute Gasteiger partial charge is 0.248 e. The van der Waals surface area contributed by atoms with Crippen LogP contribution in [-0.4, -0.2) is 48.3 Å². The standard InChI is InChI=1S/C29H26BrN7O2/c1-17-10-13-21(29(39)35-24-9-5-8-23(30)34-24)37(17)25(38)15-36-22-14-19(18-6-3-2-4-7-18)11-12-20(22)26-27(31)32-16-33-28(26)36/h2-9,11-12,14,16-17,21H,10,13,15H2,1H3,(H2,31,32,33)(H,34,35,39)/t17-,21+/m1/s1. The second kappa shape index (κ2) is 10.1. The highest BCUT2D eigenvalue weighted by Gasteiger charge is 2.39. The fourth-order valence-corrected chi connectivity index (χ4v) is 5.81. The number of amides is 2. The van der Waals surface area contributed by atoms with E-state index < -0.39 is 6.04 Å². The first kappa shape index (κ1) is 25.0. The van der Waals surface area contributed by atoms with E-state index in [0.717, 1.165) is 28.5 Å². The second-order valence-corrected chi connectivity index (χ2v) is 10.5. The number of rotatable bonds is 5. The summed E-state index contributed by atoms with van der Waals surface area (Å²) in [6, 6.07) is 20.8. The molecule has 1 saturated heterocycles. The number of likely N-dealkylation sites (tertiary alicyclic amines) is 1. The minimum atomic E-state index is -0.596. The number of hydrogen-bond acceptors (Lipinski definition) is 6. The Labute approximate surface area is 233 Å². The normalized spacial score (nSPS) is 17.1. The van der Waals surface area contributed by atoms with Gasteiger partial charge >= 0.3 is 0 Å². The van der Waals surface area contributed by atoms with Crippen molar-refractivity contribution in [2.45, 2.75) is 38.4 Å². The van der Waals surface area contributed by atoms with Gasteiger partial charge in [0.2, 0.25) is 11.8 Å². The van der Waals surface area contributed by atoms with E-state index >= 15 is 0 Å². The Hall–Kier alpha value is -4.31. The number of pyridine rings is 1. The van der Waals surface area contributed by atoms with Crippen molar-refractivity contribution in [1.29, 1.82) is 0 Å². The maximum absolute atomic E-state index is 13.9. The lowest BCUT2D eigenvalue weighted by atomic mass is 10.0. The molecule has 3 aromatic heterocycles. The molecule has 1 aliphatic rings. The number of nitrogens with one attached hydrogen (secondary N) is 1. The summed E-state index contributed by atoms with van der Waals surface area (Å²) in [5.41, 5.74) is 9.78. The molecule has 2 aromatic carbocycles. The quantitative estimate of drug-likeness (QED) is 0.281. The summed E-state index contributed by atoms with van der Waals surface area (Å²) in [4.78, 5) is 41.8. The van der Waals surface area contributed by atoms with Crippen LogP contribution in [0, 0.1) is 0 Å². The molecule has 1 aliphatic heterocycles. The van der Waals surface area contributed by atoms with E-state index in [2.05, 4.69) is 42.3 Å². The topological polar surface area (TPSA) is 119 Å². The number of fused-ring (bicyclic) bond motifs is 3. The van der Waals surface area contributed by atoms with Gasteiger partial charge in [-0.2, -0.15) is 0 Å². The molecular weight excluding hydrogens is 558 g/mol. The Morgan fingerprint density at radius 2 is 1.85 bits per heavy atom. The maximum atomic E-state index is 13.9. The van der Waals surface area contributed by atoms with Gasteiger partial charge in [-0.15, -0.1) is 0 Å². The molecule has 0 aliphatic carbocycles. The third-order valence-electron chi connectivity index (χ3n) is 7.30. The summed E-state index contributed by atoms with van der Waals surface area (Å²) >= 11 is 3.33. The van der Waals surface area contributed by atoms with Gasteiger partial charge in [-0.25, -0.2) is 15.0 Å². The minimum absolute atomic E-state index is 0.0119. The van der Waals surface area contributed by atoms with Crippen LogP contribution in [0.15, 0.2) is 77.7 Å². The third-order valence-corrected chi connectivity index (χ3v) is 7.74. The van der Waals surface area contributed by atoms with Crippen LogP contribution in [0.25, 0.3) is 33.1 Å². The molecule has 1 fully saturated rings. The number of nitrogens with zero attached hydrogens (tertiary/aromatic N) is 5. The summed E-state index contributed by atoms with van der Waals surface area (Å²) < 4.78 is 2.50. The van der Waals surface area contributed by atoms with Crippen LogP contribution >= 0.6 is 15.9 Å². The molecule has 4 heterocycles. The number of benzene rings is 2. The Kier molecular flexibility index (Phi) is 6.48. The lowest BCUT2D eigenvalue weighted by Crippen LogP contribution is -2.47. The summed E-state index contributed by atoms with van der Waals surface area (Å²) in [5, 5.41) is 4.45. The summed E-state index contributed by atoms with van der Waals surface area (Å²) in [5.74, 6) is 0.378. The molecule has 0 bridgehead atoms. The zero-order chi connectivity index (χ0) is 27.1. The molecule has 3 N–H and O–H groups in total. The van der Waals surface area contributed by atoms with Gasteiger partial charge in [0.15, 0.2) is 0 Å². The Morgan fingerprint density at radius 3 is 2.64 bits per heavy atom. The van der Waals surface area contributed by atoms with E-state index in [0.29, 0.717) is 33.7 Å². The lowest BCUT2D eigenvalue weighted by Gasteiger charge is -2.28. The zero-order valence-electron chi connectivity index (χ0n) is 21.2. The average molecular weight is 584 g/mol. The average Bonchev–Trinajstić information content (AvgIpc) is 3.47.